The van der Waals surface area contributed by atoms with Gasteiger partial charge in [-0.25, -0.2) is 0 Å². The van der Waals surface area contributed by atoms with Crippen LogP contribution < -0.4 is 10.5 Å². The molecule has 2 N–H and O–H groups in total. The van der Waals surface area contributed by atoms with Gasteiger partial charge in [-0.15, -0.1) is 0 Å². The zero-order valence-electron chi connectivity index (χ0n) is 12.3. The van der Waals surface area contributed by atoms with Gasteiger partial charge in [0, 0.05) is 0 Å². The van der Waals surface area contributed by atoms with Crippen molar-refractivity contribution in [3.63, 3.8) is 0 Å². The van der Waals surface area contributed by atoms with Crippen molar-refractivity contribution in [1.29, 1.82) is 0 Å². The first-order valence-corrected chi connectivity index (χ1v) is 7.68. The van der Waals surface area contributed by atoms with Crippen LogP contribution in [-0.4, -0.2) is 12.6 Å². The van der Waals surface area contributed by atoms with E-state index >= 15 is 0 Å². The van der Waals surface area contributed by atoms with Crippen LogP contribution in [0.15, 0.2) is 24.3 Å². The van der Waals surface area contributed by atoms with Crippen molar-refractivity contribution in [2.75, 3.05) is 6.54 Å². The molecule has 2 heteroatoms. The molecule has 2 unspecified atom stereocenters. The molecule has 0 aliphatic heterocycles. The van der Waals surface area contributed by atoms with E-state index in [0.717, 1.165) is 12.3 Å². The minimum absolute atomic E-state index is 0.225. The maximum absolute atomic E-state index is 6.01. The summed E-state index contributed by atoms with van der Waals surface area (Å²) in [5.41, 5.74) is 7.38. The van der Waals surface area contributed by atoms with E-state index in [-0.39, 0.29) is 6.10 Å². The molecule has 19 heavy (non-hydrogen) atoms. The van der Waals surface area contributed by atoms with E-state index in [1.807, 2.05) is 0 Å². The molecule has 0 aromatic heterocycles. The highest BCUT2D eigenvalue weighted by molar-refractivity contribution is 5.37. The van der Waals surface area contributed by atoms with Crippen LogP contribution in [0.5, 0.6) is 5.75 Å². The Hall–Kier alpha value is -1.02. The van der Waals surface area contributed by atoms with Gasteiger partial charge in [-0.3, -0.25) is 0 Å². The first-order valence-electron chi connectivity index (χ1n) is 7.68. The Labute approximate surface area is 117 Å². The summed E-state index contributed by atoms with van der Waals surface area (Å²) in [5, 5.41) is 0. The summed E-state index contributed by atoms with van der Waals surface area (Å²) in [7, 11) is 0. The summed E-state index contributed by atoms with van der Waals surface area (Å²) in [6.07, 6.45) is 6.73. The molecular weight excluding hydrogens is 234 g/mol. The van der Waals surface area contributed by atoms with Gasteiger partial charge in [0.15, 0.2) is 0 Å². The average molecular weight is 261 g/mol. The summed E-state index contributed by atoms with van der Waals surface area (Å²) in [4.78, 5) is 0. The molecule has 2 nitrogen and oxygen atoms in total. The van der Waals surface area contributed by atoms with Crippen LogP contribution in [0, 0.1) is 5.92 Å². The zero-order valence-corrected chi connectivity index (χ0v) is 12.3. The standard InChI is InChI=1S/C17H27NO/c1-13(2)19-17-11-7-6-10-16(17)15-9-5-3-4-8-14(15)12-18/h6-7,10-11,13-15H,3-5,8-9,12,18H2,1-2H3. The number of ether oxygens (including phenoxy) is 1. The van der Waals surface area contributed by atoms with Gasteiger partial charge in [0.05, 0.1) is 6.10 Å². The van der Waals surface area contributed by atoms with Gasteiger partial charge in [-0.1, -0.05) is 37.5 Å². The molecule has 2 atom stereocenters. The highest BCUT2D eigenvalue weighted by atomic mass is 16.5. The normalized spacial score (nSPS) is 24.2. The number of nitrogens with two attached hydrogens (primary N) is 1. The topological polar surface area (TPSA) is 35.2 Å². The fourth-order valence-electron chi connectivity index (χ4n) is 3.22. The van der Waals surface area contributed by atoms with E-state index in [0.29, 0.717) is 11.8 Å². The van der Waals surface area contributed by atoms with E-state index in [4.69, 9.17) is 10.5 Å². The Bertz CT molecular complexity index is 389. The molecule has 0 bridgehead atoms. The van der Waals surface area contributed by atoms with Crippen molar-refractivity contribution >= 4 is 0 Å². The lowest BCUT2D eigenvalue weighted by molar-refractivity contribution is 0.235. The SMILES string of the molecule is CC(C)Oc1ccccc1C1CCCCCC1CN. The minimum atomic E-state index is 0.225. The fourth-order valence-corrected chi connectivity index (χ4v) is 3.22. The number of hydrogen-bond acceptors (Lipinski definition) is 2. The highest BCUT2D eigenvalue weighted by Crippen LogP contribution is 2.40. The smallest absolute Gasteiger partial charge is 0.123 e. The number of hydrogen-bond donors (Lipinski definition) is 1. The largest absolute Gasteiger partial charge is 0.491 e. The van der Waals surface area contributed by atoms with Gasteiger partial charge in [-0.05, 0) is 56.7 Å². The van der Waals surface area contributed by atoms with E-state index in [1.165, 1.54) is 37.7 Å². The summed E-state index contributed by atoms with van der Waals surface area (Å²) < 4.78 is 5.99. The van der Waals surface area contributed by atoms with Gasteiger partial charge in [0.1, 0.15) is 5.75 Å². The number of para-hydroxylation sites is 1. The minimum Gasteiger partial charge on any atom is -0.491 e. The Kier molecular flexibility index (Phi) is 5.26. The number of benzene rings is 1. The van der Waals surface area contributed by atoms with Gasteiger partial charge < -0.3 is 10.5 Å². The van der Waals surface area contributed by atoms with Crippen LogP contribution in [0.2, 0.25) is 0 Å². The first-order chi connectivity index (χ1) is 9.22. The quantitative estimate of drug-likeness (QED) is 0.828. The Morgan fingerprint density at radius 3 is 2.63 bits per heavy atom. The third-order valence-corrected chi connectivity index (χ3v) is 4.14. The second kappa shape index (κ2) is 6.95. The second-order valence-electron chi connectivity index (χ2n) is 5.94. The third-order valence-electron chi connectivity index (χ3n) is 4.14. The maximum atomic E-state index is 6.01. The summed E-state index contributed by atoms with van der Waals surface area (Å²) in [5.74, 6) is 2.24. The summed E-state index contributed by atoms with van der Waals surface area (Å²) >= 11 is 0. The van der Waals surface area contributed by atoms with Crippen LogP contribution in [0.25, 0.3) is 0 Å². The van der Waals surface area contributed by atoms with Crippen molar-refractivity contribution in [1.82, 2.24) is 0 Å². The van der Waals surface area contributed by atoms with E-state index in [1.54, 1.807) is 0 Å². The van der Waals surface area contributed by atoms with Gasteiger partial charge >= 0.3 is 0 Å². The molecule has 1 fully saturated rings. The fraction of sp³-hybridized carbons (Fsp3) is 0.647. The second-order valence-corrected chi connectivity index (χ2v) is 5.94. The average Bonchev–Trinajstić information content (AvgIpc) is 2.63. The van der Waals surface area contributed by atoms with Crippen molar-refractivity contribution in [2.45, 2.75) is 58.0 Å². The van der Waals surface area contributed by atoms with Crippen LogP contribution in [0.3, 0.4) is 0 Å². The third kappa shape index (κ3) is 3.73. The molecule has 1 aromatic rings. The number of rotatable bonds is 4. The lowest BCUT2D eigenvalue weighted by Gasteiger charge is -2.26. The molecule has 0 spiro atoms. The molecule has 0 radical (unpaired) electrons. The maximum Gasteiger partial charge on any atom is 0.123 e. The predicted molar refractivity (Wildman–Crippen MR) is 80.6 cm³/mol. The molecule has 1 saturated carbocycles. The van der Waals surface area contributed by atoms with Crippen molar-refractivity contribution in [3.8, 4) is 5.75 Å². The van der Waals surface area contributed by atoms with E-state index < -0.39 is 0 Å². The van der Waals surface area contributed by atoms with Crippen LogP contribution in [-0.2, 0) is 0 Å². The zero-order chi connectivity index (χ0) is 13.7. The summed E-state index contributed by atoms with van der Waals surface area (Å²) in [6, 6.07) is 8.53. The van der Waals surface area contributed by atoms with Crippen molar-refractivity contribution in [2.24, 2.45) is 11.7 Å². The van der Waals surface area contributed by atoms with Crippen molar-refractivity contribution in [3.05, 3.63) is 29.8 Å². The highest BCUT2D eigenvalue weighted by Gasteiger charge is 2.26. The molecule has 0 heterocycles. The molecule has 0 amide bonds. The molecule has 1 aliphatic rings. The molecule has 0 saturated heterocycles. The molecular formula is C17H27NO. The Balaban J connectivity index is 2.27. The predicted octanol–water partition coefficient (Wildman–Crippen LogP) is 4.10. The van der Waals surface area contributed by atoms with Crippen LogP contribution >= 0.6 is 0 Å². The lowest BCUT2D eigenvalue weighted by Crippen LogP contribution is -2.22. The molecule has 1 aromatic carbocycles. The Morgan fingerprint density at radius 2 is 1.89 bits per heavy atom. The molecule has 2 rings (SSSR count). The molecule has 106 valence electrons. The van der Waals surface area contributed by atoms with Gasteiger partial charge in [0.25, 0.3) is 0 Å². The summed E-state index contributed by atoms with van der Waals surface area (Å²) in [6.45, 7) is 4.97. The van der Waals surface area contributed by atoms with Gasteiger partial charge in [-0.2, -0.15) is 0 Å². The lowest BCUT2D eigenvalue weighted by atomic mass is 9.82. The van der Waals surface area contributed by atoms with Gasteiger partial charge in [0.2, 0.25) is 0 Å². The molecule has 1 aliphatic carbocycles. The van der Waals surface area contributed by atoms with E-state index in [2.05, 4.69) is 38.1 Å². The Morgan fingerprint density at radius 1 is 1.16 bits per heavy atom. The first kappa shape index (κ1) is 14.4. The van der Waals surface area contributed by atoms with E-state index in [9.17, 15) is 0 Å². The van der Waals surface area contributed by atoms with Crippen molar-refractivity contribution < 1.29 is 4.74 Å². The monoisotopic (exact) mass is 261 g/mol. The van der Waals surface area contributed by atoms with Crippen LogP contribution in [0.1, 0.15) is 57.4 Å². The van der Waals surface area contributed by atoms with Crippen LogP contribution in [0.4, 0.5) is 0 Å².